The molecule has 0 unspecified atom stereocenters. The van der Waals surface area contributed by atoms with Crippen LogP contribution in [-0.4, -0.2) is 33.5 Å². The van der Waals surface area contributed by atoms with Crippen molar-refractivity contribution < 1.29 is 9.53 Å². The van der Waals surface area contributed by atoms with Crippen LogP contribution in [-0.2, 0) is 11.3 Å². The highest BCUT2D eigenvalue weighted by molar-refractivity contribution is 7.99. The first-order chi connectivity index (χ1) is 16.9. The second kappa shape index (κ2) is 11.3. The molecule has 0 fully saturated rings. The number of hydrogen-bond acceptors (Lipinski definition) is 6. The first-order valence-electron chi connectivity index (χ1n) is 11.0. The van der Waals surface area contributed by atoms with Crippen LogP contribution in [0.25, 0.3) is 5.69 Å². The highest BCUT2D eigenvalue weighted by Gasteiger charge is 2.16. The molecule has 1 aromatic heterocycles. The number of ether oxygens (including phenoxy) is 1. The van der Waals surface area contributed by atoms with Gasteiger partial charge in [-0.25, -0.2) is 0 Å². The standard InChI is InChI=1S/C26H26ClN5O2S/c1-17-12-18(2)14-21(13-17)29-25(33)16-35-26-31-30-24(32(26)22-8-4-19(27)5-9-22)15-28-20-6-10-23(34-3)11-7-20/h4-14,28H,15-16H2,1-3H3,(H,29,33). The third-order valence-corrected chi connectivity index (χ3v) is 6.34. The summed E-state index contributed by atoms with van der Waals surface area (Å²) in [5, 5.41) is 16.3. The molecule has 0 spiro atoms. The highest BCUT2D eigenvalue weighted by Crippen LogP contribution is 2.25. The molecular weight excluding hydrogens is 482 g/mol. The van der Waals surface area contributed by atoms with E-state index in [1.807, 2.05) is 79.1 Å². The second-order valence-corrected chi connectivity index (χ2v) is 9.38. The summed E-state index contributed by atoms with van der Waals surface area (Å²) in [6.07, 6.45) is 0. The maximum absolute atomic E-state index is 12.6. The number of amides is 1. The third kappa shape index (κ3) is 6.55. The summed E-state index contributed by atoms with van der Waals surface area (Å²) in [5.74, 6) is 1.59. The number of nitrogens with one attached hydrogen (secondary N) is 2. The number of aryl methyl sites for hydroxylation is 2. The Balaban J connectivity index is 1.50. The molecule has 1 heterocycles. The van der Waals surface area contributed by atoms with Crippen LogP contribution in [0.4, 0.5) is 11.4 Å². The number of halogens is 1. The number of carbonyl (C=O) groups excluding carboxylic acids is 1. The average Bonchev–Trinajstić information content (AvgIpc) is 3.24. The number of aromatic nitrogens is 3. The molecule has 7 nitrogen and oxygen atoms in total. The van der Waals surface area contributed by atoms with E-state index in [1.54, 1.807) is 7.11 Å². The van der Waals surface area contributed by atoms with Crippen LogP contribution >= 0.6 is 23.4 Å². The summed E-state index contributed by atoms with van der Waals surface area (Å²) in [6.45, 7) is 4.46. The van der Waals surface area contributed by atoms with Gasteiger partial charge in [-0.15, -0.1) is 10.2 Å². The van der Waals surface area contributed by atoms with Crippen molar-refractivity contribution in [1.29, 1.82) is 0 Å². The summed E-state index contributed by atoms with van der Waals surface area (Å²) in [7, 11) is 1.64. The number of hydrogen-bond donors (Lipinski definition) is 2. The van der Waals surface area contributed by atoms with Crippen molar-refractivity contribution in [1.82, 2.24) is 14.8 Å². The molecule has 0 saturated heterocycles. The van der Waals surface area contributed by atoms with Gasteiger partial charge in [-0.1, -0.05) is 29.4 Å². The lowest BCUT2D eigenvalue weighted by Gasteiger charge is -2.12. The molecule has 2 N–H and O–H groups in total. The zero-order valence-corrected chi connectivity index (χ0v) is 21.3. The first-order valence-corrected chi connectivity index (χ1v) is 12.4. The Morgan fingerprint density at radius 2 is 1.66 bits per heavy atom. The molecule has 0 aliphatic rings. The van der Waals surface area contributed by atoms with Crippen molar-refractivity contribution in [3.05, 3.63) is 88.7 Å². The summed E-state index contributed by atoms with van der Waals surface area (Å²) >= 11 is 7.43. The summed E-state index contributed by atoms with van der Waals surface area (Å²) < 4.78 is 7.15. The van der Waals surface area contributed by atoms with Gasteiger partial charge >= 0.3 is 0 Å². The topological polar surface area (TPSA) is 81.1 Å². The Hall–Kier alpha value is -3.49. The quantitative estimate of drug-likeness (QED) is 0.275. The van der Waals surface area contributed by atoms with E-state index in [0.29, 0.717) is 22.5 Å². The Morgan fingerprint density at radius 3 is 2.31 bits per heavy atom. The van der Waals surface area contributed by atoms with Gasteiger partial charge in [-0.05, 0) is 85.6 Å². The van der Waals surface area contributed by atoms with Gasteiger partial charge in [-0.3, -0.25) is 9.36 Å². The van der Waals surface area contributed by atoms with Crippen LogP contribution < -0.4 is 15.4 Å². The van der Waals surface area contributed by atoms with E-state index in [1.165, 1.54) is 11.8 Å². The number of rotatable bonds is 9. The number of anilines is 2. The maximum atomic E-state index is 12.6. The predicted octanol–water partition coefficient (Wildman–Crippen LogP) is 5.89. The van der Waals surface area contributed by atoms with Crippen LogP contribution in [0.2, 0.25) is 5.02 Å². The van der Waals surface area contributed by atoms with E-state index in [9.17, 15) is 4.79 Å². The fourth-order valence-electron chi connectivity index (χ4n) is 3.62. The molecule has 0 saturated carbocycles. The Morgan fingerprint density at radius 1 is 0.971 bits per heavy atom. The Bertz CT molecular complexity index is 1290. The minimum atomic E-state index is -0.108. The van der Waals surface area contributed by atoms with Crippen molar-refractivity contribution in [2.24, 2.45) is 0 Å². The van der Waals surface area contributed by atoms with Gasteiger partial charge in [-0.2, -0.15) is 0 Å². The molecule has 0 bridgehead atoms. The molecule has 4 aromatic rings. The largest absolute Gasteiger partial charge is 0.497 e. The van der Waals surface area contributed by atoms with Gasteiger partial charge < -0.3 is 15.4 Å². The molecule has 4 rings (SSSR count). The fraction of sp³-hybridized carbons (Fsp3) is 0.192. The average molecular weight is 508 g/mol. The normalized spacial score (nSPS) is 10.7. The minimum absolute atomic E-state index is 0.108. The first kappa shape index (κ1) is 24.6. The predicted molar refractivity (Wildman–Crippen MR) is 142 cm³/mol. The van der Waals surface area contributed by atoms with Gasteiger partial charge in [0.25, 0.3) is 0 Å². The van der Waals surface area contributed by atoms with Crippen LogP contribution in [0.15, 0.2) is 71.9 Å². The van der Waals surface area contributed by atoms with Crippen LogP contribution in [0.1, 0.15) is 17.0 Å². The highest BCUT2D eigenvalue weighted by atomic mass is 35.5. The zero-order valence-electron chi connectivity index (χ0n) is 19.7. The van der Waals surface area contributed by atoms with Crippen LogP contribution in [0, 0.1) is 13.8 Å². The Kier molecular flexibility index (Phi) is 7.94. The minimum Gasteiger partial charge on any atom is -0.497 e. The molecule has 180 valence electrons. The molecule has 0 radical (unpaired) electrons. The van der Waals surface area contributed by atoms with E-state index in [2.05, 4.69) is 26.9 Å². The van der Waals surface area contributed by atoms with Crippen molar-refractivity contribution >= 4 is 40.6 Å². The number of methoxy groups -OCH3 is 1. The molecule has 0 atom stereocenters. The van der Waals surface area contributed by atoms with Crippen molar-refractivity contribution in [2.75, 3.05) is 23.5 Å². The lowest BCUT2D eigenvalue weighted by molar-refractivity contribution is -0.113. The fourth-order valence-corrected chi connectivity index (χ4v) is 4.52. The number of nitrogens with zero attached hydrogens (tertiary/aromatic N) is 3. The van der Waals surface area contributed by atoms with E-state index in [0.717, 1.165) is 33.9 Å². The number of thioether (sulfide) groups is 1. The summed E-state index contributed by atoms with van der Waals surface area (Å²) in [6, 6.07) is 21.1. The lowest BCUT2D eigenvalue weighted by atomic mass is 10.1. The zero-order chi connectivity index (χ0) is 24.8. The number of carbonyl (C=O) groups is 1. The van der Waals surface area contributed by atoms with E-state index in [4.69, 9.17) is 16.3 Å². The van der Waals surface area contributed by atoms with E-state index >= 15 is 0 Å². The van der Waals surface area contributed by atoms with Crippen molar-refractivity contribution in [3.8, 4) is 11.4 Å². The lowest BCUT2D eigenvalue weighted by Crippen LogP contribution is -2.15. The number of benzene rings is 3. The van der Waals surface area contributed by atoms with Crippen molar-refractivity contribution in [3.63, 3.8) is 0 Å². The van der Waals surface area contributed by atoms with Gasteiger partial charge in [0.05, 0.1) is 19.4 Å². The molecular formula is C26H26ClN5O2S. The summed E-state index contributed by atoms with van der Waals surface area (Å²) in [4.78, 5) is 12.6. The van der Waals surface area contributed by atoms with Gasteiger partial charge in [0.15, 0.2) is 11.0 Å². The molecule has 9 heteroatoms. The smallest absolute Gasteiger partial charge is 0.234 e. The van der Waals surface area contributed by atoms with E-state index in [-0.39, 0.29) is 11.7 Å². The second-order valence-electron chi connectivity index (χ2n) is 8.01. The van der Waals surface area contributed by atoms with Gasteiger partial charge in [0.1, 0.15) is 5.75 Å². The van der Waals surface area contributed by atoms with Crippen LogP contribution in [0.3, 0.4) is 0 Å². The van der Waals surface area contributed by atoms with Gasteiger partial charge in [0, 0.05) is 22.1 Å². The maximum Gasteiger partial charge on any atom is 0.234 e. The molecule has 3 aromatic carbocycles. The molecule has 0 aliphatic carbocycles. The SMILES string of the molecule is COc1ccc(NCc2nnc(SCC(=O)Nc3cc(C)cc(C)c3)n2-c2ccc(Cl)cc2)cc1. The molecule has 35 heavy (non-hydrogen) atoms. The monoisotopic (exact) mass is 507 g/mol. The third-order valence-electron chi connectivity index (χ3n) is 5.16. The van der Waals surface area contributed by atoms with Gasteiger partial charge in [0.2, 0.25) is 5.91 Å². The summed E-state index contributed by atoms with van der Waals surface area (Å²) in [5.41, 5.74) is 4.78. The molecule has 0 aliphatic heterocycles. The van der Waals surface area contributed by atoms with Crippen LogP contribution in [0.5, 0.6) is 5.75 Å². The molecule has 1 amide bonds. The van der Waals surface area contributed by atoms with Crippen molar-refractivity contribution in [2.45, 2.75) is 25.5 Å². The Labute approximate surface area is 213 Å². The van der Waals surface area contributed by atoms with E-state index < -0.39 is 0 Å².